The Kier molecular flexibility index (Phi) is 4.17. The van der Waals surface area contributed by atoms with Crippen LogP contribution in [0.4, 0.5) is 0 Å². The van der Waals surface area contributed by atoms with E-state index in [1.165, 1.54) is 0 Å². The number of aryl methyl sites for hydroxylation is 1. The second kappa shape index (κ2) is 5.85. The van der Waals surface area contributed by atoms with Crippen LogP contribution in [0, 0.1) is 11.3 Å². The third kappa shape index (κ3) is 2.76. The molecule has 6 nitrogen and oxygen atoms in total. The fraction of sp³-hybridized carbons (Fsp3) is 0.615. The van der Waals surface area contributed by atoms with Gasteiger partial charge in [0.05, 0.1) is 12.1 Å². The number of aromatic nitrogens is 2. The van der Waals surface area contributed by atoms with E-state index in [4.69, 9.17) is 5.26 Å². The van der Waals surface area contributed by atoms with E-state index in [1.807, 2.05) is 11.8 Å². The second-order valence-corrected chi connectivity index (χ2v) is 4.72. The predicted molar refractivity (Wildman–Crippen MR) is 70.4 cm³/mol. The molecule has 1 amide bonds. The largest absolute Gasteiger partial charge is 0.335 e. The minimum absolute atomic E-state index is 0.0182. The van der Waals surface area contributed by atoms with Crippen molar-refractivity contribution in [3.05, 3.63) is 18.0 Å². The highest BCUT2D eigenvalue weighted by Gasteiger charge is 2.26. The van der Waals surface area contributed by atoms with Crippen LogP contribution in [0.2, 0.25) is 0 Å². The zero-order valence-electron chi connectivity index (χ0n) is 11.4. The number of carbonyl (C=O) groups excluding carboxylic acids is 1. The Morgan fingerprint density at radius 2 is 2.16 bits per heavy atom. The number of hydrogen-bond acceptors (Lipinski definition) is 4. The van der Waals surface area contributed by atoms with E-state index in [2.05, 4.69) is 16.1 Å². The Balaban J connectivity index is 1.96. The number of nitriles is 1. The van der Waals surface area contributed by atoms with E-state index in [0.29, 0.717) is 18.8 Å². The topological polar surface area (TPSA) is 65.2 Å². The van der Waals surface area contributed by atoms with Gasteiger partial charge in [-0.05, 0) is 12.5 Å². The van der Waals surface area contributed by atoms with Gasteiger partial charge in [-0.1, -0.05) is 6.92 Å². The molecule has 1 aliphatic rings. The third-order valence-corrected chi connectivity index (χ3v) is 3.62. The van der Waals surface area contributed by atoms with Crippen LogP contribution in [0.25, 0.3) is 0 Å². The maximum Gasteiger partial charge on any atom is 0.272 e. The van der Waals surface area contributed by atoms with Crippen molar-refractivity contribution in [2.45, 2.75) is 19.4 Å². The molecule has 2 rings (SSSR count). The number of rotatable bonds is 3. The summed E-state index contributed by atoms with van der Waals surface area (Å²) in [6, 6.07) is 4.01. The summed E-state index contributed by atoms with van der Waals surface area (Å²) in [5.74, 6) is 0.0182. The first-order valence-corrected chi connectivity index (χ1v) is 6.58. The van der Waals surface area contributed by atoms with Gasteiger partial charge >= 0.3 is 0 Å². The van der Waals surface area contributed by atoms with Crippen LogP contribution in [-0.4, -0.2) is 57.7 Å². The molecule has 1 unspecified atom stereocenters. The molecule has 0 saturated carbocycles. The van der Waals surface area contributed by atoms with Crippen LogP contribution in [0.5, 0.6) is 0 Å². The molecule has 0 aromatic carbocycles. The van der Waals surface area contributed by atoms with Crippen molar-refractivity contribution in [3.8, 4) is 6.07 Å². The van der Waals surface area contributed by atoms with E-state index >= 15 is 0 Å². The fourth-order valence-corrected chi connectivity index (χ4v) is 2.41. The highest BCUT2D eigenvalue weighted by molar-refractivity contribution is 5.92. The molecular weight excluding hydrogens is 242 g/mol. The minimum atomic E-state index is -0.0334. The Bertz CT molecular complexity index is 481. The maximum atomic E-state index is 12.3. The first kappa shape index (κ1) is 13.6. The number of piperazine rings is 1. The van der Waals surface area contributed by atoms with Gasteiger partial charge in [-0.25, -0.2) is 0 Å². The summed E-state index contributed by atoms with van der Waals surface area (Å²) in [4.78, 5) is 16.3. The summed E-state index contributed by atoms with van der Waals surface area (Å²) in [6.45, 7) is 4.87. The summed E-state index contributed by atoms with van der Waals surface area (Å²) < 4.78 is 1.60. The van der Waals surface area contributed by atoms with Crippen LogP contribution < -0.4 is 0 Å². The molecule has 2 heterocycles. The molecule has 1 aliphatic heterocycles. The van der Waals surface area contributed by atoms with Crippen LogP contribution in [0.15, 0.2) is 12.3 Å². The van der Waals surface area contributed by atoms with Crippen molar-refractivity contribution >= 4 is 5.91 Å². The molecule has 0 aliphatic carbocycles. The highest BCUT2D eigenvalue weighted by atomic mass is 16.2. The van der Waals surface area contributed by atoms with Gasteiger partial charge in [0.2, 0.25) is 0 Å². The van der Waals surface area contributed by atoms with Crippen molar-refractivity contribution in [1.29, 1.82) is 5.26 Å². The van der Waals surface area contributed by atoms with Crippen molar-refractivity contribution in [2.75, 3.05) is 26.2 Å². The smallest absolute Gasteiger partial charge is 0.272 e. The number of nitrogens with zero attached hydrogens (tertiary/aromatic N) is 5. The lowest BCUT2D eigenvalue weighted by atomic mass is 10.2. The summed E-state index contributed by atoms with van der Waals surface area (Å²) in [7, 11) is 1.77. The Labute approximate surface area is 113 Å². The molecule has 1 aromatic rings. The number of amides is 1. The number of carbonyl (C=O) groups is 1. The molecule has 1 fully saturated rings. The van der Waals surface area contributed by atoms with Crippen LogP contribution in [-0.2, 0) is 7.05 Å². The van der Waals surface area contributed by atoms with Crippen LogP contribution in [0.1, 0.15) is 23.8 Å². The molecule has 0 N–H and O–H groups in total. The van der Waals surface area contributed by atoms with Gasteiger partial charge in [-0.2, -0.15) is 10.4 Å². The molecule has 1 aromatic heterocycles. The molecule has 1 atom stereocenters. The van der Waals surface area contributed by atoms with Gasteiger partial charge in [0.25, 0.3) is 5.91 Å². The van der Waals surface area contributed by atoms with Crippen molar-refractivity contribution in [3.63, 3.8) is 0 Å². The average molecular weight is 261 g/mol. The SMILES string of the molecule is CCC(C#N)N1CCN(C(=O)c2ccnn2C)CC1. The lowest BCUT2D eigenvalue weighted by Crippen LogP contribution is -2.51. The van der Waals surface area contributed by atoms with E-state index in [0.717, 1.165) is 19.5 Å². The lowest BCUT2D eigenvalue weighted by Gasteiger charge is -2.36. The zero-order valence-corrected chi connectivity index (χ0v) is 11.4. The molecule has 0 bridgehead atoms. The van der Waals surface area contributed by atoms with Gasteiger partial charge in [0.15, 0.2) is 0 Å². The Morgan fingerprint density at radius 1 is 1.47 bits per heavy atom. The standard InChI is InChI=1S/C13H19N5O/c1-3-11(10-14)17-6-8-18(9-7-17)13(19)12-4-5-15-16(12)2/h4-5,11H,3,6-9H2,1-2H3. The summed E-state index contributed by atoms with van der Waals surface area (Å²) in [5, 5.41) is 13.1. The van der Waals surface area contributed by atoms with Crippen molar-refractivity contribution in [2.24, 2.45) is 7.05 Å². The molecule has 19 heavy (non-hydrogen) atoms. The monoisotopic (exact) mass is 261 g/mol. The lowest BCUT2D eigenvalue weighted by molar-refractivity contribution is 0.0594. The third-order valence-electron chi connectivity index (χ3n) is 3.62. The van der Waals surface area contributed by atoms with Gasteiger partial charge in [0, 0.05) is 39.4 Å². The molecule has 1 saturated heterocycles. The van der Waals surface area contributed by atoms with Crippen LogP contribution >= 0.6 is 0 Å². The van der Waals surface area contributed by atoms with Crippen LogP contribution in [0.3, 0.4) is 0 Å². The van der Waals surface area contributed by atoms with E-state index in [9.17, 15) is 4.79 Å². The van der Waals surface area contributed by atoms with Gasteiger partial charge in [0.1, 0.15) is 5.69 Å². The summed E-state index contributed by atoms with van der Waals surface area (Å²) in [5.41, 5.74) is 0.612. The summed E-state index contributed by atoms with van der Waals surface area (Å²) in [6.07, 6.45) is 2.46. The molecule has 0 spiro atoms. The normalized spacial score (nSPS) is 18.1. The predicted octanol–water partition coefficient (Wildman–Crippen LogP) is 0.480. The molecular formula is C13H19N5O. The quantitative estimate of drug-likeness (QED) is 0.794. The Morgan fingerprint density at radius 3 is 2.63 bits per heavy atom. The molecule has 102 valence electrons. The average Bonchev–Trinajstić information content (AvgIpc) is 2.86. The summed E-state index contributed by atoms with van der Waals surface area (Å²) >= 11 is 0. The van der Waals surface area contributed by atoms with Crippen molar-refractivity contribution in [1.82, 2.24) is 19.6 Å². The minimum Gasteiger partial charge on any atom is -0.335 e. The van der Waals surface area contributed by atoms with Gasteiger partial charge < -0.3 is 4.90 Å². The van der Waals surface area contributed by atoms with E-state index < -0.39 is 0 Å². The highest BCUT2D eigenvalue weighted by Crippen LogP contribution is 2.11. The van der Waals surface area contributed by atoms with Gasteiger partial charge in [-0.3, -0.25) is 14.4 Å². The molecule has 6 heteroatoms. The van der Waals surface area contributed by atoms with E-state index in [1.54, 1.807) is 24.0 Å². The molecule has 0 radical (unpaired) electrons. The van der Waals surface area contributed by atoms with Gasteiger partial charge in [-0.15, -0.1) is 0 Å². The first-order valence-electron chi connectivity index (χ1n) is 6.58. The van der Waals surface area contributed by atoms with E-state index in [-0.39, 0.29) is 11.9 Å². The second-order valence-electron chi connectivity index (χ2n) is 4.72. The van der Waals surface area contributed by atoms with Crippen molar-refractivity contribution < 1.29 is 4.79 Å². The first-order chi connectivity index (χ1) is 9.17. The number of hydrogen-bond donors (Lipinski definition) is 0. The zero-order chi connectivity index (χ0) is 13.8. The fourth-order valence-electron chi connectivity index (χ4n) is 2.41. The maximum absolute atomic E-state index is 12.3. The Hall–Kier alpha value is -1.87.